The fourth-order valence-electron chi connectivity index (χ4n) is 3.37. The van der Waals surface area contributed by atoms with E-state index in [1.165, 1.54) is 18.5 Å². The smallest absolute Gasteiger partial charge is 0.353 e. The highest BCUT2D eigenvalue weighted by Crippen LogP contribution is 2.32. The number of nitrogens with one attached hydrogen (secondary N) is 1. The van der Waals surface area contributed by atoms with Gasteiger partial charge in [0.15, 0.2) is 0 Å². The third-order valence-corrected chi connectivity index (χ3v) is 4.91. The molecule has 1 aromatic carbocycles. The minimum absolute atomic E-state index is 0.140. The van der Waals surface area contributed by atoms with Crippen molar-refractivity contribution in [1.82, 2.24) is 15.0 Å². The fraction of sp³-hybridized carbons (Fsp3) is 0.250. The van der Waals surface area contributed by atoms with E-state index in [0.717, 1.165) is 11.4 Å². The lowest BCUT2D eigenvalue weighted by molar-refractivity contribution is -0.383. The molecule has 0 radical (unpaired) electrons. The summed E-state index contributed by atoms with van der Waals surface area (Å²) in [6, 6.07) is 11.7. The number of benzene rings is 1. The third kappa shape index (κ3) is 4.27. The third-order valence-electron chi connectivity index (χ3n) is 4.91. The number of halogens is 1. The maximum Gasteiger partial charge on any atom is 0.353 e. The van der Waals surface area contributed by atoms with Gasteiger partial charge in [0.2, 0.25) is 11.6 Å². The van der Waals surface area contributed by atoms with Crippen LogP contribution >= 0.6 is 0 Å². The van der Waals surface area contributed by atoms with Gasteiger partial charge in [-0.2, -0.15) is 0 Å². The molecule has 154 valence electrons. The normalized spacial score (nSPS) is 13.9. The average Bonchev–Trinajstić information content (AvgIpc) is 2.79. The Balaban J connectivity index is 1.50. The molecule has 0 unspecified atom stereocenters. The lowest BCUT2D eigenvalue weighted by Crippen LogP contribution is -2.47. The number of piperazine rings is 1. The van der Waals surface area contributed by atoms with Crippen molar-refractivity contribution in [2.45, 2.75) is 6.54 Å². The minimum atomic E-state index is -0.465. The summed E-state index contributed by atoms with van der Waals surface area (Å²) in [4.78, 5) is 28.0. The summed E-state index contributed by atoms with van der Waals surface area (Å²) in [5.74, 6) is 0.980. The number of nitrogens with zero attached hydrogens (tertiary/aromatic N) is 6. The van der Waals surface area contributed by atoms with Crippen LogP contribution in [0.3, 0.4) is 0 Å². The van der Waals surface area contributed by atoms with E-state index in [1.807, 2.05) is 23.1 Å². The number of anilines is 3. The van der Waals surface area contributed by atoms with Crippen molar-refractivity contribution < 1.29 is 9.31 Å². The largest absolute Gasteiger partial charge is 0.360 e. The molecule has 30 heavy (non-hydrogen) atoms. The number of aromatic nitrogens is 3. The van der Waals surface area contributed by atoms with Gasteiger partial charge in [0.05, 0.1) is 4.92 Å². The summed E-state index contributed by atoms with van der Waals surface area (Å²) >= 11 is 0. The van der Waals surface area contributed by atoms with Crippen LogP contribution < -0.4 is 15.1 Å². The minimum Gasteiger partial charge on any atom is -0.360 e. The zero-order chi connectivity index (χ0) is 20.9. The Kier molecular flexibility index (Phi) is 5.64. The molecule has 1 aliphatic heterocycles. The number of rotatable bonds is 6. The van der Waals surface area contributed by atoms with Crippen molar-refractivity contribution in [3.8, 4) is 0 Å². The molecule has 1 N–H and O–H groups in total. The fourth-order valence-corrected chi connectivity index (χ4v) is 3.37. The van der Waals surface area contributed by atoms with Crippen molar-refractivity contribution in [2.24, 2.45) is 0 Å². The molecule has 0 saturated carbocycles. The van der Waals surface area contributed by atoms with E-state index in [4.69, 9.17) is 0 Å². The van der Waals surface area contributed by atoms with Crippen LogP contribution in [0, 0.1) is 15.9 Å². The summed E-state index contributed by atoms with van der Waals surface area (Å²) in [5, 5.41) is 14.8. The Bertz CT molecular complexity index is 1010. The van der Waals surface area contributed by atoms with Crippen LogP contribution in [0.2, 0.25) is 0 Å². The molecule has 0 atom stereocenters. The topological polar surface area (TPSA) is 100 Å². The number of nitro groups is 1. The van der Waals surface area contributed by atoms with Crippen molar-refractivity contribution in [2.75, 3.05) is 41.3 Å². The predicted octanol–water partition coefficient (Wildman–Crippen LogP) is 2.86. The van der Waals surface area contributed by atoms with Gasteiger partial charge < -0.3 is 15.1 Å². The second-order valence-corrected chi connectivity index (χ2v) is 6.79. The number of hydrogen-bond donors (Lipinski definition) is 1. The van der Waals surface area contributed by atoms with Crippen LogP contribution in [0.1, 0.15) is 5.56 Å². The van der Waals surface area contributed by atoms with Gasteiger partial charge in [0, 0.05) is 38.9 Å². The Morgan fingerprint density at radius 1 is 1.00 bits per heavy atom. The molecule has 0 bridgehead atoms. The van der Waals surface area contributed by atoms with E-state index in [2.05, 4.69) is 25.2 Å². The van der Waals surface area contributed by atoms with Gasteiger partial charge in [-0.15, -0.1) is 0 Å². The molecule has 2 aromatic heterocycles. The van der Waals surface area contributed by atoms with E-state index < -0.39 is 4.92 Å². The molecule has 1 saturated heterocycles. The maximum atomic E-state index is 13.1. The van der Waals surface area contributed by atoms with Gasteiger partial charge in [0.1, 0.15) is 18.0 Å². The van der Waals surface area contributed by atoms with Crippen molar-refractivity contribution in [1.29, 1.82) is 0 Å². The van der Waals surface area contributed by atoms with Crippen LogP contribution in [0.15, 0.2) is 55.0 Å². The summed E-state index contributed by atoms with van der Waals surface area (Å²) in [5.41, 5.74) is 0.626. The molecule has 3 aromatic rings. The number of pyridine rings is 1. The second-order valence-electron chi connectivity index (χ2n) is 6.79. The maximum absolute atomic E-state index is 13.1. The molecule has 10 heteroatoms. The van der Waals surface area contributed by atoms with Gasteiger partial charge in [-0.05, 0) is 29.8 Å². The summed E-state index contributed by atoms with van der Waals surface area (Å²) < 4.78 is 13.1. The predicted molar refractivity (Wildman–Crippen MR) is 111 cm³/mol. The van der Waals surface area contributed by atoms with E-state index in [-0.39, 0.29) is 29.7 Å². The molecular weight excluding hydrogens is 389 g/mol. The Hall–Kier alpha value is -3.82. The van der Waals surface area contributed by atoms with Crippen molar-refractivity contribution >= 4 is 23.1 Å². The first-order valence-corrected chi connectivity index (χ1v) is 9.50. The molecule has 9 nitrogen and oxygen atoms in total. The summed E-state index contributed by atoms with van der Waals surface area (Å²) in [6.07, 6.45) is 3.07. The van der Waals surface area contributed by atoms with Crippen molar-refractivity contribution in [3.05, 3.63) is 76.5 Å². The standard InChI is InChI=1S/C20H20FN7O2/c21-16-6-4-15(5-7-16)13-23-19-18(28(29)30)20(25-14-24-19)27-11-9-26(10-12-27)17-3-1-2-8-22-17/h1-8,14H,9-13H2,(H,23,24,25). The first kappa shape index (κ1) is 19.5. The van der Waals surface area contributed by atoms with Crippen LogP contribution in [0.25, 0.3) is 0 Å². The van der Waals surface area contributed by atoms with Crippen molar-refractivity contribution in [3.63, 3.8) is 0 Å². The Labute approximate surface area is 172 Å². The Morgan fingerprint density at radius 2 is 1.73 bits per heavy atom. The molecule has 3 heterocycles. The lowest BCUT2D eigenvalue weighted by Gasteiger charge is -2.35. The lowest BCUT2D eigenvalue weighted by atomic mass is 10.2. The summed E-state index contributed by atoms with van der Waals surface area (Å²) in [7, 11) is 0. The zero-order valence-electron chi connectivity index (χ0n) is 16.1. The highest BCUT2D eigenvalue weighted by molar-refractivity contribution is 5.70. The van der Waals surface area contributed by atoms with Crippen LogP contribution in [-0.2, 0) is 6.54 Å². The van der Waals surface area contributed by atoms with Gasteiger partial charge in [0.25, 0.3) is 0 Å². The molecule has 4 rings (SSSR count). The van der Waals surface area contributed by atoms with Crippen LogP contribution in [0.4, 0.5) is 27.5 Å². The van der Waals surface area contributed by atoms with E-state index in [0.29, 0.717) is 26.2 Å². The average molecular weight is 409 g/mol. The molecule has 0 spiro atoms. The molecule has 0 aliphatic carbocycles. The first-order chi connectivity index (χ1) is 14.6. The monoisotopic (exact) mass is 409 g/mol. The van der Waals surface area contributed by atoms with E-state index in [1.54, 1.807) is 18.3 Å². The number of hydrogen-bond acceptors (Lipinski definition) is 8. The SMILES string of the molecule is O=[N+]([O-])c1c(NCc2ccc(F)cc2)ncnc1N1CCN(c2ccccn2)CC1. The molecular formula is C20H20FN7O2. The quantitative estimate of drug-likeness (QED) is 0.490. The van der Waals surface area contributed by atoms with Gasteiger partial charge in [-0.3, -0.25) is 10.1 Å². The molecule has 1 aliphatic rings. The second kappa shape index (κ2) is 8.68. The summed E-state index contributed by atoms with van der Waals surface area (Å²) in [6.45, 7) is 2.79. The van der Waals surface area contributed by atoms with Crippen LogP contribution in [0.5, 0.6) is 0 Å². The van der Waals surface area contributed by atoms with Gasteiger partial charge in [-0.1, -0.05) is 18.2 Å². The van der Waals surface area contributed by atoms with Gasteiger partial charge >= 0.3 is 5.69 Å². The van der Waals surface area contributed by atoms with Gasteiger partial charge in [-0.25, -0.2) is 19.3 Å². The van der Waals surface area contributed by atoms with Crippen LogP contribution in [-0.4, -0.2) is 46.1 Å². The first-order valence-electron chi connectivity index (χ1n) is 9.50. The zero-order valence-corrected chi connectivity index (χ0v) is 16.1. The highest BCUT2D eigenvalue weighted by atomic mass is 19.1. The van der Waals surface area contributed by atoms with E-state index >= 15 is 0 Å². The molecule has 0 amide bonds. The highest BCUT2D eigenvalue weighted by Gasteiger charge is 2.29. The molecule has 1 fully saturated rings. The Morgan fingerprint density at radius 3 is 2.40 bits per heavy atom. The van der Waals surface area contributed by atoms with E-state index in [9.17, 15) is 14.5 Å².